The van der Waals surface area contributed by atoms with Crippen LogP contribution >= 0.6 is 0 Å². The number of rotatable bonds is 6. The summed E-state index contributed by atoms with van der Waals surface area (Å²) in [4.78, 5) is 10.2. The van der Waals surface area contributed by atoms with Crippen molar-refractivity contribution in [3.05, 3.63) is 34.4 Å². The summed E-state index contributed by atoms with van der Waals surface area (Å²) in [5, 5.41) is 13.8. The van der Waals surface area contributed by atoms with Crippen molar-refractivity contribution in [1.29, 1.82) is 0 Å². The van der Waals surface area contributed by atoms with E-state index in [-0.39, 0.29) is 27.8 Å². The van der Waals surface area contributed by atoms with Crippen molar-refractivity contribution in [2.75, 3.05) is 12.3 Å². The molecule has 0 aliphatic rings. The summed E-state index contributed by atoms with van der Waals surface area (Å²) in [6.07, 6.45) is 0. The van der Waals surface area contributed by atoms with Crippen LogP contribution in [0.2, 0.25) is 0 Å². The molecule has 0 aliphatic carbocycles. The lowest BCUT2D eigenvalue weighted by Crippen LogP contribution is -2.45. The molecule has 0 radical (unpaired) electrons. The van der Waals surface area contributed by atoms with E-state index in [1.54, 1.807) is 0 Å². The maximum Gasteiger partial charge on any atom is 0.269 e. The number of nitro groups is 1. The van der Waals surface area contributed by atoms with Crippen LogP contribution in [0.4, 0.5) is 5.69 Å². The highest BCUT2D eigenvalue weighted by molar-refractivity contribution is 7.91. The van der Waals surface area contributed by atoms with Crippen LogP contribution in [0.5, 0.6) is 0 Å². The molecule has 1 aromatic rings. The first-order chi connectivity index (χ1) is 9.58. The second-order valence-corrected chi connectivity index (χ2v) is 8.04. The molecule has 0 heterocycles. The largest absolute Gasteiger partial charge is 0.313 e. The molecule has 0 bridgehead atoms. The lowest BCUT2D eigenvalue weighted by Gasteiger charge is -2.31. The van der Waals surface area contributed by atoms with Crippen LogP contribution in [0, 0.1) is 15.5 Å². The van der Waals surface area contributed by atoms with Gasteiger partial charge in [-0.25, -0.2) is 8.42 Å². The van der Waals surface area contributed by atoms with Gasteiger partial charge in [-0.3, -0.25) is 10.1 Å². The summed E-state index contributed by atoms with van der Waals surface area (Å²) in [7, 11) is -3.49. The van der Waals surface area contributed by atoms with Crippen molar-refractivity contribution in [2.24, 2.45) is 5.41 Å². The van der Waals surface area contributed by atoms with E-state index >= 15 is 0 Å². The van der Waals surface area contributed by atoms with Gasteiger partial charge >= 0.3 is 0 Å². The minimum Gasteiger partial charge on any atom is -0.313 e. The number of hydrogen-bond acceptors (Lipinski definition) is 5. The molecule has 6 nitrogen and oxygen atoms in total. The molecule has 0 saturated carbocycles. The van der Waals surface area contributed by atoms with Gasteiger partial charge in [0.2, 0.25) is 0 Å². The summed E-state index contributed by atoms with van der Waals surface area (Å²) in [5.41, 5.74) is -0.322. The second-order valence-electron chi connectivity index (χ2n) is 6.01. The van der Waals surface area contributed by atoms with Crippen molar-refractivity contribution in [3.8, 4) is 0 Å². The maximum atomic E-state index is 12.4. The molecule has 1 unspecified atom stereocenters. The highest BCUT2D eigenvalue weighted by Gasteiger charge is 2.30. The Hall–Kier alpha value is -1.47. The second kappa shape index (κ2) is 6.53. The van der Waals surface area contributed by atoms with Crippen LogP contribution < -0.4 is 5.32 Å². The Morgan fingerprint density at radius 2 is 1.76 bits per heavy atom. The van der Waals surface area contributed by atoms with Crippen LogP contribution in [0.1, 0.15) is 27.7 Å². The molecule has 0 spiro atoms. The highest BCUT2D eigenvalue weighted by atomic mass is 32.2. The molecule has 0 aliphatic heterocycles. The van der Waals surface area contributed by atoms with Gasteiger partial charge in [0.05, 0.1) is 15.6 Å². The zero-order valence-corrected chi connectivity index (χ0v) is 13.6. The first-order valence-corrected chi connectivity index (χ1v) is 8.43. The maximum absolute atomic E-state index is 12.4. The Kier molecular flexibility index (Phi) is 5.47. The van der Waals surface area contributed by atoms with Crippen molar-refractivity contribution >= 4 is 15.5 Å². The van der Waals surface area contributed by atoms with E-state index in [0.29, 0.717) is 6.54 Å². The third-order valence-corrected chi connectivity index (χ3v) is 5.05. The smallest absolute Gasteiger partial charge is 0.269 e. The van der Waals surface area contributed by atoms with E-state index < -0.39 is 14.8 Å². The van der Waals surface area contributed by atoms with Crippen LogP contribution in [0.15, 0.2) is 29.2 Å². The molecule has 21 heavy (non-hydrogen) atoms. The number of non-ortho nitro benzene ring substituents is 1. The topological polar surface area (TPSA) is 89.3 Å². The minimum absolute atomic E-state index is 0.0395. The van der Waals surface area contributed by atoms with Gasteiger partial charge in [-0.1, -0.05) is 27.7 Å². The van der Waals surface area contributed by atoms with E-state index in [1.807, 2.05) is 27.7 Å². The van der Waals surface area contributed by atoms with Gasteiger partial charge in [-0.2, -0.15) is 0 Å². The Bertz CT molecular complexity index is 588. The number of sulfone groups is 1. The summed E-state index contributed by atoms with van der Waals surface area (Å²) in [5.74, 6) is -0.0395. The van der Waals surface area contributed by atoms with Crippen LogP contribution in [0.25, 0.3) is 0 Å². The molecular weight excluding hydrogens is 292 g/mol. The molecule has 0 saturated heterocycles. The molecule has 0 aromatic heterocycles. The number of benzene rings is 1. The monoisotopic (exact) mass is 314 g/mol. The van der Waals surface area contributed by atoms with Crippen LogP contribution in [0.3, 0.4) is 0 Å². The number of nitrogens with one attached hydrogen (secondary N) is 1. The molecule has 1 rings (SSSR count). The third kappa shape index (κ3) is 4.78. The van der Waals surface area contributed by atoms with Gasteiger partial charge in [0, 0.05) is 18.2 Å². The number of nitrogens with zero attached hydrogens (tertiary/aromatic N) is 1. The molecule has 118 valence electrons. The highest BCUT2D eigenvalue weighted by Crippen LogP contribution is 2.24. The quantitative estimate of drug-likeness (QED) is 0.643. The molecule has 1 atom stereocenters. The standard InChI is InChI=1S/C14H22N2O4S/c1-5-15-13(14(2,3)4)10-21(19,20)12-8-6-11(7-9-12)16(17)18/h6-9,13,15H,5,10H2,1-4H3. The molecule has 1 N–H and O–H groups in total. The van der Waals surface area contributed by atoms with Crippen molar-refractivity contribution < 1.29 is 13.3 Å². The van der Waals surface area contributed by atoms with Gasteiger partial charge in [0.1, 0.15) is 0 Å². The molecule has 0 amide bonds. The number of nitro benzene ring substituents is 1. The minimum atomic E-state index is -3.49. The van der Waals surface area contributed by atoms with Gasteiger partial charge in [0.15, 0.2) is 9.84 Å². The van der Waals surface area contributed by atoms with Gasteiger partial charge < -0.3 is 5.32 Å². The SMILES string of the molecule is CCNC(CS(=O)(=O)c1ccc([N+](=O)[O-])cc1)C(C)(C)C. The predicted molar refractivity (Wildman–Crippen MR) is 82.1 cm³/mol. The Labute approximate surface area is 125 Å². The average molecular weight is 314 g/mol. The zero-order valence-electron chi connectivity index (χ0n) is 12.8. The Morgan fingerprint density at radius 1 is 1.24 bits per heavy atom. The lowest BCUT2D eigenvalue weighted by atomic mass is 9.88. The van der Waals surface area contributed by atoms with E-state index in [0.717, 1.165) is 0 Å². The van der Waals surface area contributed by atoms with E-state index in [4.69, 9.17) is 0 Å². The molecule has 0 fully saturated rings. The summed E-state index contributed by atoms with van der Waals surface area (Å²) < 4.78 is 24.9. The van der Waals surface area contributed by atoms with Crippen LogP contribution in [-0.2, 0) is 9.84 Å². The van der Waals surface area contributed by atoms with E-state index in [1.165, 1.54) is 24.3 Å². The molecule has 1 aromatic carbocycles. The summed E-state index contributed by atoms with van der Waals surface area (Å²) in [6, 6.07) is 4.82. The Balaban J connectivity index is 3.02. The number of hydrogen-bond donors (Lipinski definition) is 1. The lowest BCUT2D eigenvalue weighted by molar-refractivity contribution is -0.384. The van der Waals surface area contributed by atoms with Crippen molar-refractivity contribution in [1.82, 2.24) is 5.32 Å². The summed E-state index contributed by atoms with van der Waals surface area (Å²) >= 11 is 0. The van der Waals surface area contributed by atoms with Crippen molar-refractivity contribution in [2.45, 2.75) is 38.6 Å². The van der Waals surface area contributed by atoms with Crippen molar-refractivity contribution in [3.63, 3.8) is 0 Å². The van der Waals surface area contributed by atoms with Crippen LogP contribution in [-0.4, -0.2) is 31.7 Å². The van der Waals surface area contributed by atoms with E-state index in [2.05, 4.69) is 5.32 Å². The van der Waals surface area contributed by atoms with Gasteiger partial charge in [0.25, 0.3) is 5.69 Å². The molecule has 7 heteroatoms. The zero-order chi connectivity index (χ0) is 16.3. The van der Waals surface area contributed by atoms with E-state index in [9.17, 15) is 18.5 Å². The molecular formula is C14H22N2O4S. The first kappa shape index (κ1) is 17.6. The fraction of sp³-hybridized carbons (Fsp3) is 0.571. The fourth-order valence-electron chi connectivity index (χ4n) is 1.95. The third-order valence-electron chi connectivity index (χ3n) is 3.29. The van der Waals surface area contributed by atoms with Gasteiger partial charge in [-0.05, 0) is 24.1 Å². The van der Waals surface area contributed by atoms with Gasteiger partial charge in [-0.15, -0.1) is 0 Å². The average Bonchev–Trinajstić information content (AvgIpc) is 2.37. The Morgan fingerprint density at radius 3 is 2.14 bits per heavy atom. The first-order valence-electron chi connectivity index (χ1n) is 6.78. The predicted octanol–water partition coefficient (Wildman–Crippen LogP) is 2.39. The normalized spacial score (nSPS) is 13.9. The fourth-order valence-corrected chi connectivity index (χ4v) is 3.75. The summed E-state index contributed by atoms with van der Waals surface area (Å²) in [6.45, 7) is 8.54.